The van der Waals surface area contributed by atoms with Crippen molar-refractivity contribution in [1.29, 1.82) is 0 Å². The Bertz CT molecular complexity index is 455. The van der Waals surface area contributed by atoms with E-state index in [0.717, 1.165) is 0 Å². The lowest BCUT2D eigenvalue weighted by Gasteiger charge is -2.22. The summed E-state index contributed by atoms with van der Waals surface area (Å²) < 4.78 is 19.7. The van der Waals surface area contributed by atoms with Crippen LogP contribution in [-0.4, -0.2) is 27.9 Å². The van der Waals surface area contributed by atoms with Gasteiger partial charge in [-0.15, -0.1) is 0 Å². The smallest absolute Gasteiger partial charge is 0.425 e. The maximum absolute atomic E-state index is 11.7. The van der Waals surface area contributed by atoms with Crippen molar-refractivity contribution in [2.75, 3.05) is 6.61 Å². The first kappa shape index (κ1) is 14.8. The Morgan fingerprint density at radius 2 is 1.94 bits per heavy atom. The first-order chi connectivity index (χ1) is 8.21. The lowest BCUT2D eigenvalue weighted by atomic mass is 10.1. The van der Waals surface area contributed by atoms with Gasteiger partial charge >= 0.3 is 13.8 Å². The molecular weight excluding hydrogens is 261 g/mol. The molecule has 0 aliphatic heterocycles. The topological polar surface area (TPSA) is 119 Å². The maximum Gasteiger partial charge on any atom is 0.469 e. The van der Waals surface area contributed by atoms with E-state index in [4.69, 9.17) is 20.3 Å². The van der Waals surface area contributed by atoms with Crippen LogP contribution in [0.2, 0.25) is 0 Å². The monoisotopic (exact) mass is 275 g/mol. The van der Waals surface area contributed by atoms with E-state index in [1.54, 1.807) is 30.3 Å². The second-order valence-electron chi connectivity index (χ2n) is 3.88. The van der Waals surface area contributed by atoms with Gasteiger partial charge < -0.3 is 20.3 Å². The molecule has 0 aromatic heterocycles. The van der Waals surface area contributed by atoms with Gasteiger partial charge in [0.05, 0.1) is 6.61 Å². The fraction of sp³-hybridized carbons (Fsp3) is 0.300. The quantitative estimate of drug-likeness (QED) is 0.404. The molecule has 0 amide bonds. The third kappa shape index (κ3) is 4.95. The molecule has 4 N–H and O–H groups in total. The number of carbonyl (C=O) groups excluding carboxylic acids is 1. The van der Waals surface area contributed by atoms with Gasteiger partial charge in [-0.05, 0) is 19.1 Å². The Morgan fingerprint density at radius 3 is 2.44 bits per heavy atom. The van der Waals surface area contributed by atoms with Crippen LogP contribution in [0.1, 0.15) is 6.92 Å². The van der Waals surface area contributed by atoms with Crippen LogP contribution in [0, 0.1) is 0 Å². The molecule has 18 heavy (non-hydrogen) atoms. The minimum absolute atomic E-state index is 0.287. The van der Waals surface area contributed by atoms with Crippen molar-refractivity contribution in [3.05, 3.63) is 30.3 Å². The first-order valence-corrected chi connectivity index (χ1v) is 6.50. The number of ether oxygens (including phenoxy) is 1. The summed E-state index contributed by atoms with van der Waals surface area (Å²) in [5, 5.41) is 0. The van der Waals surface area contributed by atoms with E-state index >= 15 is 0 Å². The van der Waals surface area contributed by atoms with Crippen LogP contribution in [-0.2, 0) is 13.9 Å². The molecule has 0 fully saturated rings. The van der Waals surface area contributed by atoms with Crippen molar-refractivity contribution in [3.8, 4) is 5.75 Å². The summed E-state index contributed by atoms with van der Waals surface area (Å²) in [5.41, 5.74) is 3.92. The first-order valence-electron chi connectivity index (χ1n) is 4.97. The number of phosphoric acid groups is 1. The minimum atomic E-state index is -4.67. The van der Waals surface area contributed by atoms with E-state index in [1.807, 2.05) is 0 Å². The zero-order chi connectivity index (χ0) is 13.8. The highest BCUT2D eigenvalue weighted by Crippen LogP contribution is 2.36. The number of phosphoric ester groups is 1. The Kier molecular flexibility index (Phi) is 4.61. The number of carbonyl (C=O) groups is 1. The fourth-order valence-corrected chi connectivity index (χ4v) is 1.43. The van der Waals surface area contributed by atoms with Gasteiger partial charge in [0, 0.05) is 0 Å². The van der Waals surface area contributed by atoms with Crippen LogP contribution < -0.4 is 10.5 Å². The van der Waals surface area contributed by atoms with Crippen molar-refractivity contribution in [2.45, 2.75) is 12.5 Å². The van der Waals surface area contributed by atoms with Gasteiger partial charge in [-0.25, -0.2) is 9.36 Å². The second-order valence-corrected chi connectivity index (χ2v) is 5.12. The molecule has 0 bridgehead atoms. The second kappa shape index (κ2) is 5.60. The summed E-state index contributed by atoms with van der Waals surface area (Å²) in [6.07, 6.45) is 0. The van der Waals surface area contributed by atoms with E-state index < -0.39 is 25.9 Å². The highest BCUT2D eigenvalue weighted by Gasteiger charge is 2.34. The molecule has 0 heterocycles. The van der Waals surface area contributed by atoms with Crippen molar-refractivity contribution in [3.63, 3.8) is 0 Å². The fourth-order valence-electron chi connectivity index (χ4n) is 0.989. The third-order valence-electron chi connectivity index (χ3n) is 1.95. The van der Waals surface area contributed by atoms with Gasteiger partial charge in [0.15, 0.2) is 0 Å². The zero-order valence-corrected chi connectivity index (χ0v) is 10.5. The molecule has 8 heteroatoms. The van der Waals surface area contributed by atoms with Gasteiger partial charge in [-0.2, -0.15) is 0 Å². The summed E-state index contributed by atoms with van der Waals surface area (Å²) in [5.74, 6) is -0.558. The zero-order valence-electron chi connectivity index (χ0n) is 9.65. The molecule has 1 aromatic rings. The number of para-hydroxylation sites is 1. The van der Waals surface area contributed by atoms with E-state index in [9.17, 15) is 9.36 Å². The third-order valence-corrected chi connectivity index (χ3v) is 2.42. The van der Waals surface area contributed by atoms with Crippen LogP contribution in [0.15, 0.2) is 30.3 Å². The summed E-state index contributed by atoms with van der Waals surface area (Å²) in [6.45, 7) is 0.608. The average molecular weight is 275 g/mol. The maximum atomic E-state index is 11.7. The normalized spacial score (nSPS) is 14.9. The van der Waals surface area contributed by atoms with Crippen molar-refractivity contribution >= 4 is 13.8 Å². The van der Waals surface area contributed by atoms with Crippen LogP contribution in [0.25, 0.3) is 0 Å². The van der Waals surface area contributed by atoms with Gasteiger partial charge in [0.2, 0.25) is 0 Å². The van der Waals surface area contributed by atoms with Crippen LogP contribution in [0.5, 0.6) is 5.75 Å². The SMILES string of the molecule is C[C@@](N)(COP(=O)(O)O)C(=O)Oc1ccccc1. The number of rotatable bonds is 5. The van der Waals surface area contributed by atoms with Crippen LogP contribution in [0.3, 0.4) is 0 Å². The van der Waals surface area contributed by atoms with Crippen molar-refractivity contribution in [2.24, 2.45) is 5.73 Å². The lowest BCUT2D eigenvalue weighted by molar-refractivity contribution is -0.141. The number of benzene rings is 1. The molecule has 0 aliphatic carbocycles. The van der Waals surface area contributed by atoms with E-state index in [2.05, 4.69) is 4.52 Å². The Balaban J connectivity index is 2.62. The van der Waals surface area contributed by atoms with Crippen LogP contribution in [0.4, 0.5) is 0 Å². The molecule has 0 saturated heterocycles. The number of hydrogen-bond donors (Lipinski definition) is 3. The highest BCUT2D eigenvalue weighted by atomic mass is 31.2. The molecule has 100 valence electrons. The summed E-state index contributed by atoms with van der Waals surface area (Å²) in [7, 11) is -4.67. The summed E-state index contributed by atoms with van der Waals surface area (Å²) in [4.78, 5) is 28.7. The number of nitrogens with two attached hydrogens (primary N) is 1. The van der Waals surface area contributed by atoms with Gasteiger partial charge in [0.1, 0.15) is 11.3 Å². The lowest BCUT2D eigenvalue weighted by Crippen LogP contribution is -2.51. The molecule has 0 aliphatic rings. The molecule has 0 unspecified atom stereocenters. The van der Waals surface area contributed by atoms with Gasteiger partial charge in [-0.1, -0.05) is 18.2 Å². The van der Waals surface area contributed by atoms with Crippen molar-refractivity contribution in [1.82, 2.24) is 0 Å². The predicted octanol–water partition coefficient (Wildman–Crippen LogP) is 0.419. The molecule has 1 rings (SSSR count). The van der Waals surface area contributed by atoms with Crippen LogP contribution >= 0.6 is 7.82 Å². The predicted molar refractivity (Wildman–Crippen MR) is 62.7 cm³/mol. The molecule has 0 saturated carbocycles. The Hall–Kier alpha value is -1.24. The van der Waals surface area contributed by atoms with Gasteiger partial charge in [-0.3, -0.25) is 4.52 Å². The molecule has 0 spiro atoms. The number of hydrogen-bond acceptors (Lipinski definition) is 5. The largest absolute Gasteiger partial charge is 0.469 e. The highest BCUT2D eigenvalue weighted by molar-refractivity contribution is 7.46. The van der Waals surface area contributed by atoms with E-state index in [1.165, 1.54) is 6.92 Å². The standard InChI is InChI=1S/C10H14NO6P/c1-10(11,7-16-18(13,14)15)9(12)17-8-5-3-2-4-6-8/h2-6H,7,11H2,1H3,(H2,13,14,15)/t10-/m1/s1. The average Bonchev–Trinajstić information content (AvgIpc) is 2.27. The minimum Gasteiger partial charge on any atom is -0.425 e. The Morgan fingerprint density at radius 1 is 1.39 bits per heavy atom. The Labute approximate surface area is 104 Å². The number of esters is 1. The van der Waals surface area contributed by atoms with E-state index in [-0.39, 0.29) is 5.75 Å². The molecule has 7 nitrogen and oxygen atoms in total. The summed E-state index contributed by atoms with van der Waals surface area (Å²) in [6, 6.07) is 8.19. The molecule has 0 radical (unpaired) electrons. The molecule has 1 aromatic carbocycles. The van der Waals surface area contributed by atoms with E-state index in [0.29, 0.717) is 0 Å². The molecule has 1 atom stereocenters. The molecular formula is C10H14NO6P. The van der Waals surface area contributed by atoms with Gasteiger partial charge in [0.25, 0.3) is 0 Å². The summed E-state index contributed by atoms with van der Waals surface area (Å²) >= 11 is 0. The van der Waals surface area contributed by atoms with Crippen molar-refractivity contribution < 1.29 is 28.4 Å².